The third-order valence-electron chi connectivity index (χ3n) is 16.0. The Hall–Kier alpha value is -1.66. The van der Waals surface area contributed by atoms with Crippen LogP contribution in [0.5, 0.6) is 0 Å². The lowest BCUT2D eigenvalue weighted by Crippen LogP contribution is -2.45. The Balaban J connectivity index is 3.46. The molecule has 0 radical (unpaired) electrons. The highest BCUT2D eigenvalue weighted by Crippen LogP contribution is 2.18. The van der Waals surface area contributed by atoms with Gasteiger partial charge in [0.1, 0.15) is 0 Å². The Morgan fingerprint density at radius 3 is 0.947 bits per heavy atom. The van der Waals surface area contributed by atoms with Crippen molar-refractivity contribution in [2.24, 2.45) is 0 Å². The van der Waals surface area contributed by atoms with E-state index in [0.29, 0.717) is 19.4 Å². The summed E-state index contributed by atoms with van der Waals surface area (Å²) in [5.74, 6) is -0.0790. The van der Waals surface area contributed by atoms with Crippen LogP contribution in [0.1, 0.15) is 380 Å². The number of aliphatic hydroxyl groups excluding tert-OH is 2. The smallest absolute Gasteiger partial charge is 0.305 e. The second-order valence-corrected chi connectivity index (χ2v) is 23.5. The number of hydrogen-bond donors (Lipinski definition) is 3. The predicted molar refractivity (Wildman–Crippen MR) is 329 cm³/mol. The molecule has 75 heavy (non-hydrogen) atoms. The number of hydrogen-bond acceptors (Lipinski definition) is 5. The molecule has 0 aromatic heterocycles. The van der Waals surface area contributed by atoms with E-state index in [1.54, 1.807) is 6.08 Å². The van der Waals surface area contributed by atoms with E-state index < -0.39 is 12.1 Å². The first kappa shape index (κ1) is 73.3. The van der Waals surface area contributed by atoms with Crippen molar-refractivity contribution in [1.29, 1.82) is 0 Å². The maximum Gasteiger partial charge on any atom is 0.305 e. The molecule has 0 fully saturated rings. The molecule has 0 aromatic rings. The van der Waals surface area contributed by atoms with Crippen molar-refractivity contribution in [3.63, 3.8) is 0 Å². The summed E-state index contributed by atoms with van der Waals surface area (Å²) in [6.45, 7) is 4.92. The van der Waals surface area contributed by atoms with Crippen molar-refractivity contribution in [3.8, 4) is 0 Å². The number of unbranched alkanes of at least 4 members (excludes halogenated alkanes) is 51. The molecule has 0 spiro atoms. The van der Waals surface area contributed by atoms with Crippen LogP contribution < -0.4 is 5.32 Å². The molecule has 0 aliphatic carbocycles. The molecule has 1 amide bonds. The Morgan fingerprint density at radius 2 is 0.627 bits per heavy atom. The standard InChI is InChI=1S/C69H133NO5/c1-3-5-7-9-11-13-15-17-19-21-23-24-25-26-28-29-33-37-41-45-49-53-57-61-67(72)66(65-71)70-68(73)62-58-54-50-46-42-38-34-31-32-36-40-44-48-52-56-60-64-75-69(74)63-59-55-51-47-43-39-35-30-27-22-20-18-16-14-12-10-8-6-4-2/h31,34,57,61,66-67,71-72H,3-30,32-33,35-56,58-60,62-65H2,1-2H3,(H,70,73)/b34-31-,61-57+. The van der Waals surface area contributed by atoms with E-state index in [9.17, 15) is 19.8 Å². The second-order valence-electron chi connectivity index (χ2n) is 23.5. The number of carbonyl (C=O) groups excluding carboxylic acids is 2. The summed E-state index contributed by atoms with van der Waals surface area (Å²) < 4.78 is 5.50. The molecule has 0 saturated carbocycles. The highest BCUT2D eigenvalue weighted by molar-refractivity contribution is 5.76. The lowest BCUT2D eigenvalue weighted by Gasteiger charge is -2.20. The molecule has 0 aromatic carbocycles. The predicted octanol–water partition coefficient (Wildman–Crippen LogP) is 21.8. The first-order chi connectivity index (χ1) is 37.0. The number of carbonyl (C=O) groups is 2. The van der Waals surface area contributed by atoms with Crippen LogP contribution in [0.15, 0.2) is 24.3 Å². The van der Waals surface area contributed by atoms with Crippen LogP contribution in [-0.4, -0.2) is 47.4 Å². The molecule has 0 heterocycles. The van der Waals surface area contributed by atoms with E-state index in [4.69, 9.17) is 4.74 Å². The highest BCUT2D eigenvalue weighted by Gasteiger charge is 2.18. The van der Waals surface area contributed by atoms with Crippen LogP contribution >= 0.6 is 0 Å². The SMILES string of the molecule is CCCCCCCCCCCCCCCCCCCCCCC/C=C/C(O)C(CO)NC(=O)CCCCCCC/C=C\CCCCCCCCCOC(=O)CCCCCCCCCCCCCCCCCCCCC. The minimum atomic E-state index is -0.856. The van der Waals surface area contributed by atoms with Crippen LogP contribution in [0.25, 0.3) is 0 Å². The fourth-order valence-electron chi connectivity index (χ4n) is 10.7. The van der Waals surface area contributed by atoms with Gasteiger partial charge in [0, 0.05) is 12.8 Å². The number of rotatable bonds is 64. The summed E-state index contributed by atoms with van der Waals surface area (Å²) in [5, 5.41) is 23.2. The van der Waals surface area contributed by atoms with Gasteiger partial charge < -0.3 is 20.3 Å². The summed E-state index contributed by atoms with van der Waals surface area (Å²) in [5.41, 5.74) is 0. The fraction of sp³-hybridized carbons (Fsp3) is 0.913. The first-order valence-corrected chi connectivity index (χ1v) is 34.1. The van der Waals surface area contributed by atoms with Gasteiger partial charge in [-0.1, -0.05) is 334 Å². The molecule has 6 heteroatoms. The highest BCUT2D eigenvalue weighted by atomic mass is 16.5. The lowest BCUT2D eigenvalue weighted by atomic mass is 10.0. The summed E-state index contributed by atoms with van der Waals surface area (Å²) in [4.78, 5) is 24.6. The van der Waals surface area contributed by atoms with Gasteiger partial charge in [-0.05, 0) is 57.8 Å². The minimum Gasteiger partial charge on any atom is -0.466 e. The molecule has 0 saturated heterocycles. The topological polar surface area (TPSA) is 95.9 Å². The largest absolute Gasteiger partial charge is 0.466 e. The van der Waals surface area contributed by atoms with Gasteiger partial charge in [-0.2, -0.15) is 0 Å². The van der Waals surface area contributed by atoms with Gasteiger partial charge in [-0.3, -0.25) is 9.59 Å². The van der Waals surface area contributed by atoms with E-state index in [1.165, 1.54) is 289 Å². The van der Waals surface area contributed by atoms with Gasteiger partial charge in [0.2, 0.25) is 5.91 Å². The molecular formula is C69H133NO5. The Bertz CT molecular complexity index is 1170. The number of aliphatic hydroxyl groups is 2. The first-order valence-electron chi connectivity index (χ1n) is 34.1. The fourth-order valence-corrected chi connectivity index (χ4v) is 10.7. The molecule has 0 rings (SSSR count). The molecule has 3 N–H and O–H groups in total. The van der Waals surface area contributed by atoms with Crippen molar-refractivity contribution in [1.82, 2.24) is 5.32 Å². The Morgan fingerprint density at radius 1 is 0.360 bits per heavy atom. The van der Waals surface area contributed by atoms with Gasteiger partial charge in [-0.15, -0.1) is 0 Å². The average Bonchev–Trinajstić information content (AvgIpc) is 3.41. The number of allylic oxidation sites excluding steroid dienone is 3. The van der Waals surface area contributed by atoms with Gasteiger partial charge >= 0.3 is 5.97 Å². The van der Waals surface area contributed by atoms with Crippen molar-refractivity contribution in [2.75, 3.05) is 13.2 Å². The quantitative estimate of drug-likeness (QED) is 0.0320. The summed E-state index contributed by atoms with van der Waals surface area (Å²) in [6, 6.07) is -0.641. The zero-order valence-electron chi connectivity index (χ0n) is 50.8. The maximum atomic E-state index is 12.5. The second kappa shape index (κ2) is 64.9. The van der Waals surface area contributed by atoms with Gasteiger partial charge in [-0.25, -0.2) is 0 Å². The number of nitrogens with one attached hydrogen (secondary N) is 1. The Kier molecular flexibility index (Phi) is 63.4. The number of ether oxygens (including phenoxy) is 1. The zero-order valence-corrected chi connectivity index (χ0v) is 50.8. The van der Waals surface area contributed by atoms with Gasteiger partial charge in [0.15, 0.2) is 0 Å². The van der Waals surface area contributed by atoms with E-state index in [1.807, 2.05) is 6.08 Å². The van der Waals surface area contributed by atoms with E-state index >= 15 is 0 Å². The van der Waals surface area contributed by atoms with Crippen molar-refractivity contribution in [2.45, 2.75) is 392 Å². The van der Waals surface area contributed by atoms with Crippen molar-refractivity contribution < 1.29 is 24.5 Å². The molecule has 0 bridgehead atoms. The molecule has 0 aliphatic heterocycles. The summed E-state index contributed by atoms with van der Waals surface area (Å²) in [6.07, 6.45) is 80.9. The number of esters is 1. The average molecular weight is 1060 g/mol. The monoisotopic (exact) mass is 1060 g/mol. The lowest BCUT2D eigenvalue weighted by molar-refractivity contribution is -0.143. The van der Waals surface area contributed by atoms with Gasteiger partial charge in [0.25, 0.3) is 0 Å². The number of amides is 1. The normalized spacial score (nSPS) is 12.6. The minimum absolute atomic E-state index is 0.00189. The molecule has 6 nitrogen and oxygen atoms in total. The molecule has 2 atom stereocenters. The molecular weight excluding hydrogens is 923 g/mol. The molecule has 444 valence electrons. The van der Waals surface area contributed by atoms with E-state index in [2.05, 4.69) is 31.3 Å². The Labute approximate surface area is 469 Å². The summed E-state index contributed by atoms with van der Waals surface area (Å²) >= 11 is 0. The van der Waals surface area contributed by atoms with Crippen LogP contribution in [0.3, 0.4) is 0 Å². The third kappa shape index (κ3) is 61.4. The van der Waals surface area contributed by atoms with E-state index in [0.717, 1.165) is 64.2 Å². The third-order valence-corrected chi connectivity index (χ3v) is 16.0. The maximum absolute atomic E-state index is 12.5. The van der Waals surface area contributed by atoms with Crippen LogP contribution in [0.2, 0.25) is 0 Å². The zero-order chi connectivity index (χ0) is 54.3. The van der Waals surface area contributed by atoms with Crippen molar-refractivity contribution in [3.05, 3.63) is 24.3 Å². The van der Waals surface area contributed by atoms with Crippen LogP contribution in [-0.2, 0) is 14.3 Å². The van der Waals surface area contributed by atoms with E-state index in [-0.39, 0.29) is 18.5 Å². The van der Waals surface area contributed by atoms with Gasteiger partial charge in [0.05, 0.1) is 25.4 Å². The van der Waals surface area contributed by atoms with Crippen LogP contribution in [0.4, 0.5) is 0 Å². The molecule has 0 aliphatic rings. The van der Waals surface area contributed by atoms with Crippen LogP contribution in [0, 0.1) is 0 Å². The van der Waals surface area contributed by atoms with Crippen molar-refractivity contribution >= 4 is 11.9 Å². The molecule has 2 unspecified atom stereocenters. The summed E-state index contributed by atoms with van der Waals surface area (Å²) in [7, 11) is 0.